The van der Waals surface area contributed by atoms with E-state index in [0.717, 1.165) is 47.3 Å². The Morgan fingerprint density at radius 3 is 2.41 bits per heavy atom. The maximum absolute atomic E-state index is 6.14. The molecule has 0 atom stereocenters. The van der Waals surface area contributed by atoms with E-state index in [-0.39, 0.29) is 12.2 Å². The van der Waals surface area contributed by atoms with Crippen LogP contribution in [-0.2, 0) is 4.74 Å². The molecule has 0 saturated heterocycles. The summed E-state index contributed by atoms with van der Waals surface area (Å²) < 4.78 is 17.5. The molecule has 1 aliphatic rings. The van der Waals surface area contributed by atoms with E-state index in [2.05, 4.69) is 29.4 Å². The number of hydrogen-bond acceptors (Lipinski definition) is 6. The number of hydrogen-bond donors (Lipinski definition) is 2. The topological polar surface area (TPSA) is 55.0 Å². The number of rotatable bonds is 9. The maximum atomic E-state index is 6.14. The van der Waals surface area contributed by atoms with Crippen LogP contribution in [0.3, 0.4) is 0 Å². The first-order chi connectivity index (χ1) is 12.9. The maximum Gasteiger partial charge on any atom is 0.233 e. The molecule has 0 bridgehead atoms. The average Bonchev–Trinajstić information content (AvgIpc) is 2.66. The second-order valence-electron chi connectivity index (χ2n) is 6.75. The fourth-order valence-corrected chi connectivity index (χ4v) is 3.05. The van der Waals surface area contributed by atoms with Crippen LogP contribution in [0.25, 0.3) is 5.70 Å². The molecular formula is C21H33N3O3. The second-order valence-corrected chi connectivity index (χ2v) is 6.75. The summed E-state index contributed by atoms with van der Waals surface area (Å²) in [4.78, 5) is 2.06. The van der Waals surface area contributed by atoms with Crippen molar-refractivity contribution in [1.82, 2.24) is 15.5 Å². The Morgan fingerprint density at radius 2 is 1.85 bits per heavy atom. The van der Waals surface area contributed by atoms with Crippen LogP contribution < -0.4 is 20.1 Å². The van der Waals surface area contributed by atoms with Crippen molar-refractivity contribution in [2.45, 2.75) is 52.7 Å². The quantitative estimate of drug-likeness (QED) is 0.683. The zero-order valence-corrected chi connectivity index (χ0v) is 17.6. The summed E-state index contributed by atoms with van der Waals surface area (Å²) >= 11 is 0. The highest BCUT2D eigenvalue weighted by Crippen LogP contribution is 2.34. The lowest BCUT2D eigenvalue weighted by molar-refractivity contribution is 0.0897. The molecule has 2 rings (SSSR count). The van der Waals surface area contributed by atoms with Gasteiger partial charge in [-0.15, -0.1) is 0 Å². The Hall–Kier alpha value is -2.50. The van der Waals surface area contributed by atoms with Gasteiger partial charge < -0.3 is 29.7 Å². The molecular weight excluding hydrogens is 342 g/mol. The van der Waals surface area contributed by atoms with Crippen LogP contribution in [0, 0.1) is 0 Å². The van der Waals surface area contributed by atoms with E-state index in [4.69, 9.17) is 14.2 Å². The highest BCUT2D eigenvalue weighted by molar-refractivity contribution is 5.72. The van der Waals surface area contributed by atoms with Crippen molar-refractivity contribution in [3.05, 3.63) is 41.7 Å². The molecule has 6 nitrogen and oxygen atoms in total. The van der Waals surface area contributed by atoms with Gasteiger partial charge in [-0.25, -0.2) is 0 Å². The van der Waals surface area contributed by atoms with Crippen LogP contribution in [0.4, 0.5) is 0 Å². The van der Waals surface area contributed by atoms with Crippen molar-refractivity contribution in [2.75, 3.05) is 21.2 Å². The van der Waals surface area contributed by atoms with Crippen molar-refractivity contribution in [3.8, 4) is 11.5 Å². The summed E-state index contributed by atoms with van der Waals surface area (Å²) in [5.74, 6) is 3.16. The summed E-state index contributed by atoms with van der Waals surface area (Å²) in [6.07, 6.45) is 4.16. The van der Waals surface area contributed by atoms with Gasteiger partial charge in [0.15, 0.2) is 5.82 Å². The van der Waals surface area contributed by atoms with E-state index in [1.807, 2.05) is 52.3 Å². The Kier molecular flexibility index (Phi) is 7.28. The van der Waals surface area contributed by atoms with E-state index in [9.17, 15) is 0 Å². The minimum atomic E-state index is 0.113. The van der Waals surface area contributed by atoms with E-state index in [1.165, 1.54) is 0 Å². The fraction of sp³-hybridized carbons (Fsp3) is 0.524. The molecule has 2 N–H and O–H groups in total. The zero-order valence-electron chi connectivity index (χ0n) is 17.6. The molecule has 1 aromatic carbocycles. The molecule has 27 heavy (non-hydrogen) atoms. The predicted molar refractivity (Wildman–Crippen MR) is 109 cm³/mol. The van der Waals surface area contributed by atoms with Crippen LogP contribution in [0.1, 0.15) is 46.1 Å². The van der Waals surface area contributed by atoms with Crippen molar-refractivity contribution < 1.29 is 14.2 Å². The summed E-state index contributed by atoms with van der Waals surface area (Å²) in [7, 11) is 5.57. The largest absolute Gasteiger partial charge is 0.496 e. The second kappa shape index (κ2) is 9.44. The third kappa shape index (κ3) is 4.81. The van der Waals surface area contributed by atoms with Crippen LogP contribution >= 0.6 is 0 Å². The van der Waals surface area contributed by atoms with Crippen LogP contribution in [-0.4, -0.2) is 38.3 Å². The van der Waals surface area contributed by atoms with Gasteiger partial charge in [-0.2, -0.15) is 0 Å². The van der Waals surface area contributed by atoms with Crippen molar-refractivity contribution >= 4 is 5.70 Å². The SMILES string of the molecule is CCC(CC)OC1=C(NC)N(C)C(c2ccc(OC(C)C)cc2OC)=CN1. The van der Waals surface area contributed by atoms with Gasteiger partial charge in [-0.3, -0.25) is 0 Å². The molecule has 0 saturated carbocycles. The Bertz CT molecular complexity index is 694. The molecule has 1 aromatic rings. The summed E-state index contributed by atoms with van der Waals surface area (Å²) in [5.41, 5.74) is 1.95. The van der Waals surface area contributed by atoms with Gasteiger partial charge in [0.1, 0.15) is 11.5 Å². The molecule has 0 aliphatic carbocycles. The lowest BCUT2D eigenvalue weighted by Crippen LogP contribution is -2.36. The summed E-state index contributed by atoms with van der Waals surface area (Å²) in [6.45, 7) is 8.28. The lowest BCUT2D eigenvalue weighted by atomic mass is 10.1. The van der Waals surface area contributed by atoms with Gasteiger partial charge in [0.05, 0.1) is 25.0 Å². The molecule has 1 aliphatic heterocycles. The lowest BCUT2D eigenvalue weighted by Gasteiger charge is -2.33. The van der Waals surface area contributed by atoms with Crippen molar-refractivity contribution in [2.24, 2.45) is 0 Å². The molecule has 6 heteroatoms. The Labute approximate surface area is 163 Å². The van der Waals surface area contributed by atoms with Gasteiger partial charge in [0.25, 0.3) is 0 Å². The smallest absolute Gasteiger partial charge is 0.233 e. The Balaban J connectivity index is 2.31. The predicted octanol–water partition coefficient (Wildman–Crippen LogP) is 3.87. The third-order valence-electron chi connectivity index (χ3n) is 4.50. The monoisotopic (exact) mass is 375 g/mol. The Morgan fingerprint density at radius 1 is 1.15 bits per heavy atom. The van der Waals surface area contributed by atoms with Crippen molar-refractivity contribution in [1.29, 1.82) is 0 Å². The van der Waals surface area contributed by atoms with E-state index in [0.29, 0.717) is 0 Å². The van der Waals surface area contributed by atoms with Gasteiger partial charge in [0.2, 0.25) is 5.88 Å². The van der Waals surface area contributed by atoms with Crippen LogP contribution in [0.15, 0.2) is 36.1 Å². The number of nitrogens with one attached hydrogen (secondary N) is 2. The van der Waals surface area contributed by atoms with Gasteiger partial charge in [-0.1, -0.05) is 13.8 Å². The number of methoxy groups -OCH3 is 1. The number of benzene rings is 1. The van der Waals surface area contributed by atoms with Gasteiger partial charge >= 0.3 is 0 Å². The zero-order chi connectivity index (χ0) is 20.0. The van der Waals surface area contributed by atoms with Gasteiger partial charge in [0, 0.05) is 31.9 Å². The fourth-order valence-electron chi connectivity index (χ4n) is 3.05. The van der Waals surface area contributed by atoms with Crippen molar-refractivity contribution in [3.63, 3.8) is 0 Å². The van der Waals surface area contributed by atoms with Crippen LogP contribution in [0.2, 0.25) is 0 Å². The minimum absolute atomic E-state index is 0.113. The molecule has 150 valence electrons. The number of nitrogens with zero attached hydrogens (tertiary/aromatic N) is 1. The first-order valence-corrected chi connectivity index (χ1v) is 9.59. The summed E-state index contributed by atoms with van der Waals surface area (Å²) in [5, 5.41) is 6.54. The highest BCUT2D eigenvalue weighted by atomic mass is 16.5. The molecule has 0 amide bonds. The molecule has 0 unspecified atom stereocenters. The molecule has 0 spiro atoms. The molecule has 1 heterocycles. The molecule has 0 fully saturated rings. The van der Waals surface area contributed by atoms with E-state index in [1.54, 1.807) is 7.11 Å². The average molecular weight is 376 g/mol. The van der Waals surface area contributed by atoms with E-state index >= 15 is 0 Å². The standard InChI is InChI=1S/C21H33N3O3/c1-8-15(9-2)27-21-20(22-5)24(6)18(13-23-21)17-11-10-16(26-14(3)4)12-19(17)25-7/h10-15,22-23H,8-9H2,1-7H3. The van der Waals surface area contributed by atoms with Crippen LogP contribution in [0.5, 0.6) is 11.5 Å². The third-order valence-corrected chi connectivity index (χ3v) is 4.50. The normalized spacial score (nSPS) is 14.3. The highest BCUT2D eigenvalue weighted by Gasteiger charge is 2.25. The molecule has 0 radical (unpaired) electrons. The molecule has 0 aromatic heterocycles. The minimum Gasteiger partial charge on any atom is -0.496 e. The van der Waals surface area contributed by atoms with E-state index < -0.39 is 0 Å². The first kappa shape index (κ1) is 20.8. The number of ether oxygens (including phenoxy) is 3. The summed E-state index contributed by atoms with van der Waals surface area (Å²) in [6, 6.07) is 5.90. The van der Waals surface area contributed by atoms with Gasteiger partial charge in [-0.05, 0) is 38.8 Å². The first-order valence-electron chi connectivity index (χ1n) is 9.59.